The molecule has 10 heteroatoms. The molecule has 2 aromatic rings. The van der Waals surface area contributed by atoms with Crippen LogP contribution in [0.15, 0.2) is 27.1 Å². The van der Waals surface area contributed by atoms with Crippen molar-refractivity contribution in [1.82, 2.24) is 9.97 Å². The summed E-state index contributed by atoms with van der Waals surface area (Å²) in [5.74, 6) is 0.304. The number of thiocarbonyl (C=S) groups is 1. The number of aromatic nitrogens is 2. The lowest BCUT2D eigenvalue weighted by molar-refractivity contribution is 1.15. The van der Waals surface area contributed by atoms with Gasteiger partial charge in [0.2, 0.25) is 5.95 Å². The third-order valence-electron chi connectivity index (χ3n) is 2.59. The number of halogens is 2. The van der Waals surface area contributed by atoms with Crippen LogP contribution >= 0.6 is 35.4 Å². The normalized spacial score (nSPS) is 11.9. The van der Waals surface area contributed by atoms with E-state index in [-0.39, 0.29) is 4.99 Å². The van der Waals surface area contributed by atoms with Crippen molar-refractivity contribution in [1.29, 1.82) is 0 Å². The highest BCUT2D eigenvalue weighted by atomic mass is 35.5. The Balaban J connectivity index is 2.04. The summed E-state index contributed by atoms with van der Waals surface area (Å²) >= 11 is 18.2. The van der Waals surface area contributed by atoms with Crippen molar-refractivity contribution in [2.45, 2.75) is 0 Å². The quantitative estimate of drug-likeness (QED) is 0.695. The number of nitrogens with one attached hydrogen (secondary N) is 1. The molecule has 0 fully saturated rings. The lowest BCUT2D eigenvalue weighted by Gasteiger charge is -2.11. The van der Waals surface area contributed by atoms with Crippen molar-refractivity contribution in [2.75, 3.05) is 5.32 Å². The number of nitrogens with zero attached hydrogens (tertiary/aromatic N) is 4. The van der Waals surface area contributed by atoms with Crippen LogP contribution < -0.4 is 11.1 Å². The first-order valence-corrected chi connectivity index (χ1v) is 7.46. The van der Waals surface area contributed by atoms with Crippen LogP contribution in [0.1, 0.15) is 5.69 Å². The first kappa shape index (κ1) is 14.3. The van der Waals surface area contributed by atoms with Crippen LogP contribution in [0.4, 0.5) is 23.0 Å². The Morgan fingerprint density at radius 3 is 2.76 bits per heavy atom. The lowest BCUT2D eigenvalue weighted by atomic mass is 10.2. The number of hydrogen-bond acceptors (Lipinski definition) is 6. The average molecular weight is 357 g/mol. The summed E-state index contributed by atoms with van der Waals surface area (Å²) in [7, 11) is 0. The van der Waals surface area contributed by atoms with E-state index in [2.05, 4.69) is 24.0 Å². The zero-order valence-corrected chi connectivity index (χ0v) is 13.3. The molecule has 0 spiro atoms. The van der Waals surface area contributed by atoms with Crippen molar-refractivity contribution in [3.63, 3.8) is 0 Å². The Morgan fingerprint density at radius 1 is 1.24 bits per heavy atom. The van der Waals surface area contributed by atoms with Crippen molar-refractivity contribution < 1.29 is 0 Å². The standard InChI is InChI=1S/C11H6Cl2N6S2/c12-4-3-5(13)8-9(19-21-18-8)7(4)17-11-15-2-1-6(16-11)10(14)20/h1-3H,(H2,14,20)(H,15,16,17). The van der Waals surface area contributed by atoms with E-state index in [0.29, 0.717) is 38.7 Å². The highest BCUT2D eigenvalue weighted by molar-refractivity contribution is 7.80. The minimum absolute atomic E-state index is 0.183. The molecule has 0 saturated carbocycles. The van der Waals surface area contributed by atoms with E-state index in [9.17, 15) is 0 Å². The summed E-state index contributed by atoms with van der Waals surface area (Å²) in [6.45, 7) is 0. The van der Waals surface area contributed by atoms with Crippen molar-refractivity contribution >= 4 is 74.8 Å². The molecule has 0 amide bonds. The molecule has 0 aliphatic carbocycles. The second-order valence-corrected chi connectivity index (χ2v) is 5.71. The van der Waals surface area contributed by atoms with Gasteiger partial charge in [-0.25, -0.2) is 9.97 Å². The molecule has 0 atom stereocenters. The maximum absolute atomic E-state index is 6.20. The number of fused-ring (bicyclic) bond motifs is 1. The largest absolute Gasteiger partial charge is 0.388 e. The maximum atomic E-state index is 6.20. The number of nitrogens with two attached hydrogens (primary N) is 1. The molecule has 2 heterocycles. The van der Waals surface area contributed by atoms with Crippen LogP contribution in [0.5, 0.6) is 0 Å². The summed E-state index contributed by atoms with van der Waals surface area (Å²) in [5, 5.41) is 3.83. The molecule has 1 aromatic heterocycles. The number of hydrogen-bond donors (Lipinski definition) is 2. The fourth-order valence-corrected chi connectivity index (χ4v) is 2.93. The molecular formula is C11H6Cl2N6S2. The van der Waals surface area contributed by atoms with Crippen LogP contribution in [0, 0.1) is 0 Å². The molecule has 6 nitrogen and oxygen atoms in total. The van der Waals surface area contributed by atoms with E-state index in [1.54, 1.807) is 18.3 Å². The molecule has 3 rings (SSSR count). The van der Waals surface area contributed by atoms with Gasteiger partial charge in [-0.1, -0.05) is 35.4 Å². The van der Waals surface area contributed by atoms with Crippen LogP contribution in [0.2, 0.25) is 10.0 Å². The summed E-state index contributed by atoms with van der Waals surface area (Å²) in [6, 6.07) is 3.21. The van der Waals surface area contributed by atoms with Gasteiger partial charge in [0, 0.05) is 6.20 Å². The summed E-state index contributed by atoms with van der Waals surface area (Å²) < 4.78 is 8.31. The van der Waals surface area contributed by atoms with Crippen LogP contribution in [-0.4, -0.2) is 15.0 Å². The molecule has 3 N–H and O–H groups in total. The summed E-state index contributed by atoms with van der Waals surface area (Å²) in [5.41, 5.74) is 7.67. The predicted octanol–water partition coefficient (Wildman–Crippen LogP) is 3.89. The Bertz CT molecular complexity index is 832. The van der Waals surface area contributed by atoms with Gasteiger partial charge in [0.1, 0.15) is 22.1 Å². The highest BCUT2D eigenvalue weighted by Gasteiger charge is 2.19. The van der Waals surface area contributed by atoms with Gasteiger partial charge in [-0.05, 0) is 12.1 Å². The van der Waals surface area contributed by atoms with E-state index in [0.717, 1.165) is 11.4 Å². The maximum Gasteiger partial charge on any atom is 0.227 e. The molecule has 1 aliphatic rings. The number of anilines is 2. The van der Waals surface area contributed by atoms with E-state index < -0.39 is 0 Å². The fourth-order valence-electron chi connectivity index (χ4n) is 1.66. The van der Waals surface area contributed by atoms with Gasteiger partial charge in [0.15, 0.2) is 0 Å². The van der Waals surface area contributed by atoms with Crippen molar-refractivity contribution in [2.24, 2.45) is 14.5 Å². The molecule has 0 saturated heterocycles. The molecule has 106 valence electrons. The van der Waals surface area contributed by atoms with Crippen molar-refractivity contribution in [3.05, 3.63) is 34.1 Å². The van der Waals surface area contributed by atoms with Gasteiger partial charge < -0.3 is 11.1 Å². The topological polar surface area (TPSA) is 88.5 Å². The van der Waals surface area contributed by atoms with Gasteiger partial charge in [0.05, 0.1) is 27.1 Å². The highest BCUT2D eigenvalue weighted by Crippen LogP contribution is 2.48. The van der Waals surface area contributed by atoms with Crippen LogP contribution in [-0.2, 0) is 11.4 Å². The molecular weight excluding hydrogens is 351 g/mol. The summed E-state index contributed by atoms with van der Waals surface area (Å²) in [4.78, 5) is 8.48. The third-order valence-corrected chi connectivity index (χ3v) is 3.91. The van der Waals surface area contributed by atoms with Gasteiger partial charge in [0.25, 0.3) is 0 Å². The minimum atomic E-state index is 0.183. The minimum Gasteiger partial charge on any atom is -0.388 e. The lowest BCUT2D eigenvalue weighted by Crippen LogP contribution is -2.12. The smallest absolute Gasteiger partial charge is 0.227 e. The van der Waals surface area contributed by atoms with E-state index in [1.165, 1.54) is 0 Å². The van der Waals surface area contributed by atoms with Gasteiger partial charge in [-0.15, -0.1) is 0 Å². The van der Waals surface area contributed by atoms with Gasteiger partial charge in [-0.2, -0.15) is 8.73 Å². The Labute approximate surface area is 138 Å². The van der Waals surface area contributed by atoms with Crippen LogP contribution in [0.25, 0.3) is 0 Å². The Hall–Kier alpha value is -1.61. The Morgan fingerprint density at radius 2 is 2.00 bits per heavy atom. The first-order valence-electron chi connectivity index (χ1n) is 5.56. The van der Waals surface area contributed by atoms with E-state index in [4.69, 9.17) is 41.2 Å². The van der Waals surface area contributed by atoms with Crippen molar-refractivity contribution in [3.8, 4) is 0 Å². The third kappa shape index (κ3) is 2.75. The molecule has 1 aliphatic heterocycles. The summed E-state index contributed by atoms with van der Waals surface area (Å²) in [6.07, 6.45) is 1.55. The average Bonchev–Trinajstić information content (AvgIpc) is 2.93. The molecule has 0 bridgehead atoms. The molecule has 1 aromatic carbocycles. The second kappa shape index (κ2) is 5.64. The van der Waals surface area contributed by atoms with Crippen LogP contribution in [0.3, 0.4) is 0 Å². The number of benzene rings is 1. The molecule has 0 radical (unpaired) electrons. The van der Waals surface area contributed by atoms with E-state index >= 15 is 0 Å². The van der Waals surface area contributed by atoms with Gasteiger partial charge in [-0.3, -0.25) is 0 Å². The van der Waals surface area contributed by atoms with Gasteiger partial charge >= 0.3 is 0 Å². The van der Waals surface area contributed by atoms with E-state index in [1.807, 2.05) is 0 Å². The predicted molar refractivity (Wildman–Crippen MR) is 89.2 cm³/mol. The molecule has 0 unspecified atom stereocenters. The first-order chi connectivity index (χ1) is 10.1. The zero-order valence-electron chi connectivity index (χ0n) is 10.2. The number of rotatable bonds is 3. The molecule has 21 heavy (non-hydrogen) atoms. The monoisotopic (exact) mass is 356 g/mol. The second-order valence-electron chi connectivity index (χ2n) is 3.93. The SMILES string of the molecule is NC(=S)c1ccnc(Nc2c(Cl)cc(Cl)c3c2N=S=N3)n1. The fraction of sp³-hybridized carbons (Fsp3) is 0. The Kier molecular flexibility index (Phi) is 3.85. The zero-order chi connectivity index (χ0) is 15.0.